The van der Waals surface area contributed by atoms with Gasteiger partial charge in [0.1, 0.15) is 17.5 Å². The zero-order valence-corrected chi connectivity index (χ0v) is 17.7. The van der Waals surface area contributed by atoms with Gasteiger partial charge in [-0.05, 0) is 67.6 Å². The molecule has 0 spiro atoms. The van der Waals surface area contributed by atoms with Crippen LogP contribution in [-0.2, 0) is 13.0 Å². The molecule has 2 aromatic rings. The molecule has 3 rings (SSSR count). The van der Waals surface area contributed by atoms with E-state index < -0.39 is 11.6 Å². The number of piperidine rings is 1. The number of aliphatic imine (C=N–C) groups is 1. The van der Waals surface area contributed by atoms with Crippen LogP contribution in [0, 0.1) is 17.5 Å². The van der Waals surface area contributed by atoms with E-state index >= 15 is 0 Å². The predicted octanol–water partition coefficient (Wildman–Crippen LogP) is 3.36. The first-order valence-corrected chi connectivity index (χ1v) is 10.6. The minimum Gasteiger partial charge on any atom is -0.393 e. The van der Waals surface area contributed by atoms with Crippen LogP contribution in [0.2, 0.25) is 0 Å². The summed E-state index contributed by atoms with van der Waals surface area (Å²) in [6.45, 7) is 4.48. The number of anilines is 1. The molecule has 0 amide bonds. The fourth-order valence-corrected chi connectivity index (χ4v) is 3.57. The zero-order valence-electron chi connectivity index (χ0n) is 17.7. The van der Waals surface area contributed by atoms with Gasteiger partial charge in [0.15, 0.2) is 5.96 Å². The maximum atomic E-state index is 14.6. The zero-order chi connectivity index (χ0) is 22.2. The van der Waals surface area contributed by atoms with E-state index in [0.717, 1.165) is 17.7 Å². The van der Waals surface area contributed by atoms with Gasteiger partial charge in [-0.25, -0.2) is 18.2 Å². The summed E-state index contributed by atoms with van der Waals surface area (Å²) in [5, 5.41) is 15.8. The van der Waals surface area contributed by atoms with Crippen LogP contribution >= 0.6 is 0 Å². The molecule has 0 bridgehead atoms. The van der Waals surface area contributed by atoms with Gasteiger partial charge in [0, 0.05) is 26.2 Å². The van der Waals surface area contributed by atoms with Crippen LogP contribution in [0.25, 0.3) is 0 Å². The van der Waals surface area contributed by atoms with E-state index in [2.05, 4.69) is 15.6 Å². The lowest BCUT2D eigenvalue weighted by atomic mass is 10.1. The number of guanidine groups is 1. The summed E-state index contributed by atoms with van der Waals surface area (Å²) in [5.41, 5.74) is 1.57. The van der Waals surface area contributed by atoms with E-state index in [9.17, 15) is 18.3 Å². The Morgan fingerprint density at radius 1 is 1.06 bits per heavy atom. The molecule has 1 saturated heterocycles. The van der Waals surface area contributed by atoms with Crippen molar-refractivity contribution in [3.63, 3.8) is 0 Å². The number of rotatable bonds is 7. The summed E-state index contributed by atoms with van der Waals surface area (Å²) < 4.78 is 41.7. The lowest BCUT2D eigenvalue weighted by Crippen LogP contribution is -2.38. The van der Waals surface area contributed by atoms with Crippen molar-refractivity contribution < 1.29 is 18.3 Å². The summed E-state index contributed by atoms with van der Waals surface area (Å²) >= 11 is 0. The van der Waals surface area contributed by atoms with Crippen molar-refractivity contribution in [3.05, 3.63) is 65.0 Å². The number of aliphatic hydroxyl groups is 1. The second-order valence-corrected chi connectivity index (χ2v) is 7.61. The third kappa shape index (κ3) is 6.62. The highest BCUT2D eigenvalue weighted by Crippen LogP contribution is 2.24. The highest BCUT2D eigenvalue weighted by Gasteiger charge is 2.19. The normalized spacial score (nSPS) is 15.3. The van der Waals surface area contributed by atoms with Crippen LogP contribution in [0.1, 0.15) is 30.9 Å². The van der Waals surface area contributed by atoms with Gasteiger partial charge in [0.05, 0.1) is 18.3 Å². The number of aliphatic hydroxyl groups excluding tert-OH is 1. The maximum absolute atomic E-state index is 14.6. The Kier molecular flexibility index (Phi) is 8.17. The number of nitrogens with one attached hydrogen (secondary N) is 2. The number of benzene rings is 2. The highest BCUT2D eigenvalue weighted by molar-refractivity contribution is 5.79. The Balaban J connectivity index is 1.58. The summed E-state index contributed by atoms with van der Waals surface area (Å²) in [7, 11) is 0. The maximum Gasteiger partial charge on any atom is 0.191 e. The molecule has 0 saturated carbocycles. The summed E-state index contributed by atoms with van der Waals surface area (Å²) in [5.74, 6) is -0.690. The fourth-order valence-electron chi connectivity index (χ4n) is 3.57. The van der Waals surface area contributed by atoms with Gasteiger partial charge >= 0.3 is 0 Å². The standard InChI is InChI=1S/C23H29F3N4O/c1-2-27-23(28-10-7-17-14-18(24)4-5-20(17)25)29-15-16-3-6-22(21(26)13-16)30-11-8-19(31)9-12-30/h3-6,13-14,19,31H,2,7-12,15H2,1H3,(H2,27,28,29). The Morgan fingerprint density at radius 2 is 1.84 bits per heavy atom. The Labute approximate surface area is 181 Å². The minimum atomic E-state index is -0.469. The molecular formula is C23H29F3N4O. The Hall–Kier alpha value is -2.74. The number of nitrogens with zero attached hydrogens (tertiary/aromatic N) is 2. The summed E-state index contributed by atoms with van der Waals surface area (Å²) in [4.78, 5) is 6.41. The van der Waals surface area contributed by atoms with Crippen molar-refractivity contribution in [1.82, 2.24) is 10.6 Å². The summed E-state index contributed by atoms with van der Waals surface area (Å²) in [6.07, 6.45) is 1.29. The van der Waals surface area contributed by atoms with Crippen molar-refractivity contribution in [2.75, 3.05) is 31.1 Å². The molecule has 0 atom stereocenters. The van der Waals surface area contributed by atoms with Crippen molar-refractivity contribution >= 4 is 11.6 Å². The van der Waals surface area contributed by atoms with Crippen LogP contribution in [0.15, 0.2) is 41.4 Å². The van der Waals surface area contributed by atoms with Gasteiger partial charge < -0.3 is 20.6 Å². The minimum absolute atomic E-state index is 0.277. The van der Waals surface area contributed by atoms with E-state index in [-0.39, 0.29) is 18.5 Å². The third-order valence-corrected chi connectivity index (χ3v) is 5.28. The molecule has 0 unspecified atom stereocenters. The van der Waals surface area contributed by atoms with Crippen molar-refractivity contribution in [2.45, 2.75) is 38.8 Å². The van der Waals surface area contributed by atoms with Crippen LogP contribution < -0.4 is 15.5 Å². The van der Waals surface area contributed by atoms with Gasteiger partial charge in [-0.3, -0.25) is 0 Å². The Morgan fingerprint density at radius 3 is 2.55 bits per heavy atom. The molecule has 5 nitrogen and oxygen atoms in total. The van der Waals surface area contributed by atoms with Crippen molar-refractivity contribution in [1.29, 1.82) is 0 Å². The van der Waals surface area contributed by atoms with E-state index in [4.69, 9.17) is 0 Å². The molecule has 8 heteroatoms. The molecule has 31 heavy (non-hydrogen) atoms. The quantitative estimate of drug-likeness (QED) is 0.462. The molecule has 1 heterocycles. The molecule has 1 fully saturated rings. The molecule has 2 aromatic carbocycles. The average molecular weight is 435 g/mol. The average Bonchev–Trinajstić information content (AvgIpc) is 2.75. The number of halogens is 3. The summed E-state index contributed by atoms with van der Waals surface area (Å²) in [6, 6.07) is 8.48. The van der Waals surface area contributed by atoms with Gasteiger partial charge in [-0.2, -0.15) is 0 Å². The first kappa shape index (κ1) is 22.9. The van der Waals surface area contributed by atoms with Crippen LogP contribution in [0.4, 0.5) is 18.9 Å². The number of hydrogen-bond donors (Lipinski definition) is 3. The van der Waals surface area contributed by atoms with Crippen LogP contribution in [0.5, 0.6) is 0 Å². The van der Waals surface area contributed by atoms with Gasteiger partial charge in [0.25, 0.3) is 0 Å². The van der Waals surface area contributed by atoms with Gasteiger partial charge in [-0.15, -0.1) is 0 Å². The van der Waals surface area contributed by atoms with E-state index in [0.29, 0.717) is 62.7 Å². The molecule has 1 aliphatic rings. The van der Waals surface area contributed by atoms with Crippen molar-refractivity contribution in [2.24, 2.45) is 4.99 Å². The van der Waals surface area contributed by atoms with E-state index in [1.807, 2.05) is 17.9 Å². The third-order valence-electron chi connectivity index (χ3n) is 5.28. The molecule has 0 radical (unpaired) electrons. The molecule has 168 valence electrons. The van der Waals surface area contributed by atoms with Crippen molar-refractivity contribution in [3.8, 4) is 0 Å². The smallest absolute Gasteiger partial charge is 0.191 e. The van der Waals surface area contributed by atoms with Gasteiger partial charge in [-0.1, -0.05) is 6.07 Å². The van der Waals surface area contributed by atoms with E-state index in [1.165, 1.54) is 12.1 Å². The highest BCUT2D eigenvalue weighted by atomic mass is 19.1. The molecule has 0 aliphatic carbocycles. The van der Waals surface area contributed by atoms with Crippen LogP contribution in [-0.4, -0.2) is 43.3 Å². The second kappa shape index (κ2) is 11.0. The second-order valence-electron chi connectivity index (χ2n) is 7.61. The van der Waals surface area contributed by atoms with Crippen LogP contribution in [0.3, 0.4) is 0 Å². The van der Waals surface area contributed by atoms with E-state index in [1.54, 1.807) is 6.07 Å². The Bertz CT molecular complexity index is 898. The number of hydrogen-bond acceptors (Lipinski definition) is 3. The first-order chi connectivity index (χ1) is 15.0. The molecule has 3 N–H and O–H groups in total. The predicted molar refractivity (Wildman–Crippen MR) is 117 cm³/mol. The first-order valence-electron chi connectivity index (χ1n) is 10.6. The fraction of sp³-hybridized carbons (Fsp3) is 0.435. The lowest BCUT2D eigenvalue weighted by Gasteiger charge is -2.31. The SMILES string of the molecule is CCNC(=NCc1ccc(N2CCC(O)CC2)c(F)c1)NCCc1cc(F)ccc1F. The molecular weight excluding hydrogens is 405 g/mol. The molecule has 0 aromatic heterocycles. The topological polar surface area (TPSA) is 59.9 Å². The largest absolute Gasteiger partial charge is 0.393 e. The monoisotopic (exact) mass is 434 g/mol. The lowest BCUT2D eigenvalue weighted by molar-refractivity contribution is 0.145. The molecule has 1 aliphatic heterocycles. The van der Waals surface area contributed by atoms with Gasteiger partial charge in [0.2, 0.25) is 0 Å².